The highest BCUT2D eigenvalue weighted by Crippen LogP contribution is 2.32. The Morgan fingerprint density at radius 3 is 2.74 bits per heavy atom. The highest BCUT2D eigenvalue weighted by Gasteiger charge is 2.33. The second-order valence-corrected chi connectivity index (χ2v) is 6.20. The summed E-state index contributed by atoms with van der Waals surface area (Å²) in [6.07, 6.45) is 5.62. The van der Waals surface area contributed by atoms with Crippen LogP contribution in [0.2, 0.25) is 5.02 Å². The third kappa shape index (κ3) is 2.47. The summed E-state index contributed by atoms with van der Waals surface area (Å²) >= 11 is 5.98. The second kappa shape index (κ2) is 5.35. The summed E-state index contributed by atoms with van der Waals surface area (Å²) < 4.78 is 1.65. The van der Waals surface area contributed by atoms with Crippen LogP contribution in [0.4, 0.5) is 0 Å². The van der Waals surface area contributed by atoms with Crippen molar-refractivity contribution in [3.8, 4) is 11.1 Å². The molecule has 1 amide bonds. The molecule has 0 spiro atoms. The monoisotopic (exact) mass is 326 g/mol. The Morgan fingerprint density at radius 2 is 2.04 bits per heavy atom. The van der Waals surface area contributed by atoms with Gasteiger partial charge in [0, 0.05) is 30.5 Å². The molecule has 0 aliphatic heterocycles. The van der Waals surface area contributed by atoms with Gasteiger partial charge in [0.2, 0.25) is 0 Å². The molecule has 3 aromatic rings. The smallest absolute Gasteiger partial charge is 0.275 e. The van der Waals surface area contributed by atoms with E-state index in [1.807, 2.05) is 31.3 Å². The van der Waals surface area contributed by atoms with Gasteiger partial charge in [-0.05, 0) is 36.6 Å². The zero-order chi connectivity index (χ0) is 16.0. The molecule has 2 heterocycles. The number of rotatable bonds is 3. The van der Waals surface area contributed by atoms with Crippen molar-refractivity contribution in [2.45, 2.75) is 18.9 Å². The molecule has 1 aromatic carbocycles. The van der Waals surface area contributed by atoms with Crippen molar-refractivity contribution >= 4 is 23.2 Å². The standard InChI is InChI=1S/C17H15ClN4O/c1-21(13-7-8-13)17(23)15-14(11-3-5-12(18)6-4-11)16-19-9-2-10-22(16)20-15/h2-6,9-10,13H,7-8H2,1H3. The largest absolute Gasteiger partial charge is 0.337 e. The van der Waals surface area contributed by atoms with Crippen LogP contribution in [0.15, 0.2) is 42.7 Å². The Balaban J connectivity index is 1.90. The van der Waals surface area contributed by atoms with Crippen LogP contribution in [-0.4, -0.2) is 38.5 Å². The van der Waals surface area contributed by atoms with Gasteiger partial charge in [-0.25, -0.2) is 9.50 Å². The van der Waals surface area contributed by atoms with Crippen LogP contribution in [0.3, 0.4) is 0 Å². The summed E-state index contributed by atoms with van der Waals surface area (Å²) in [4.78, 5) is 19.0. The first-order valence-electron chi connectivity index (χ1n) is 7.51. The summed E-state index contributed by atoms with van der Waals surface area (Å²) in [7, 11) is 1.84. The molecule has 0 radical (unpaired) electrons. The Bertz CT molecular complexity index is 883. The molecule has 0 bridgehead atoms. The van der Waals surface area contributed by atoms with E-state index in [-0.39, 0.29) is 5.91 Å². The predicted octanol–water partition coefficient (Wildman–Crippen LogP) is 3.28. The SMILES string of the molecule is CN(C(=O)c1nn2cccnc2c1-c1ccc(Cl)cc1)C1CC1. The van der Waals surface area contributed by atoms with Crippen LogP contribution >= 0.6 is 11.6 Å². The van der Waals surface area contributed by atoms with Crippen LogP contribution in [0.25, 0.3) is 16.8 Å². The molecule has 0 N–H and O–H groups in total. The lowest BCUT2D eigenvalue weighted by atomic mass is 10.1. The molecule has 0 atom stereocenters. The summed E-state index contributed by atoms with van der Waals surface area (Å²) in [5, 5.41) is 5.13. The van der Waals surface area contributed by atoms with Crippen molar-refractivity contribution < 1.29 is 4.79 Å². The summed E-state index contributed by atoms with van der Waals surface area (Å²) in [5.74, 6) is -0.0667. The highest BCUT2D eigenvalue weighted by atomic mass is 35.5. The number of benzene rings is 1. The fraction of sp³-hybridized carbons (Fsp3) is 0.235. The zero-order valence-corrected chi connectivity index (χ0v) is 13.4. The number of halogens is 1. The van der Waals surface area contributed by atoms with E-state index in [0.29, 0.717) is 22.4 Å². The summed E-state index contributed by atoms with van der Waals surface area (Å²) in [6.45, 7) is 0. The maximum absolute atomic E-state index is 12.9. The molecule has 116 valence electrons. The topological polar surface area (TPSA) is 50.5 Å². The average molecular weight is 327 g/mol. The van der Waals surface area contributed by atoms with E-state index in [4.69, 9.17) is 11.6 Å². The van der Waals surface area contributed by atoms with Gasteiger partial charge in [-0.1, -0.05) is 23.7 Å². The van der Waals surface area contributed by atoms with Crippen LogP contribution in [0, 0.1) is 0 Å². The van der Waals surface area contributed by atoms with Gasteiger partial charge >= 0.3 is 0 Å². The number of carbonyl (C=O) groups is 1. The zero-order valence-electron chi connectivity index (χ0n) is 12.6. The Labute approximate surface area is 138 Å². The van der Waals surface area contributed by atoms with Gasteiger partial charge < -0.3 is 4.90 Å². The Hall–Kier alpha value is -2.40. The average Bonchev–Trinajstić information content (AvgIpc) is 3.35. The molecular weight excluding hydrogens is 312 g/mol. The number of hydrogen-bond acceptors (Lipinski definition) is 3. The van der Waals surface area contributed by atoms with Crippen molar-refractivity contribution in [3.05, 3.63) is 53.4 Å². The van der Waals surface area contributed by atoms with E-state index in [9.17, 15) is 4.79 Å². The molecule has 5 nitrogen and oxygen atoms in total. The molecule has 1 fully saturated rings. The molecular formula is C17H15ClN4O. The molecule has 1 aliphatic rings. The molecule has 4 rings (SSSR count). The number of hydrogen-bond donors (Lipinski definition) is 0. The van der Waals surface area contributed by atoms with Crippen molar-refractivity contribution in [3.63, 3.8) is 0 Å². The first kappa shape index (κ1) is 14.2. The minimum atomic E-state index is -0.0667. The van der Waals surface area contributed by atoms with Gasteiger partial charge in [0.1, 0.15) is 0 Å². The molecule has 23 heavy (non-hydrogen) atoms. The minimum Gasteiger partial charge on any atom is -0.337 e. The van der Waals surface area contributed by atoms with E-state index < -0.39 is 0 Å². The van der Waals surface area contributed by atoms with Crippen LogP contribution in [0.1, 0.15) is 23.3 Å². The van der Waals surface area contributed by atoms with Gasteiger partial charge in [-0.15, -0.1) is 0 Å². The highest BCUT2D eigenvalue weighted by molar-refractivity contribution is 6.30. The maximum Gasteiger partial charge on any atom is 0.275 e. The van der Waals surface area contributed by atoms with Crippen LogP contribution in [0.5, 0.6) is 0 Å². The number of carbonyl (C=O) groups excluding carboxylic acids is 1. The maximum atomic E-state index is 12.9. The number of nitrogens with zero attached hydrogens (tertiary/aromatic N) is 4. The molecule has 0 saturated heterocycles. The van der Waals surface area contributed by atoms with E-state index in [1.165, 1.54) is 0 Å². The Kier molecular flexibility index (Phi) is 3.31. The number of fused-ring (bicyclic) bond motifs is 1. The predicted molar refractivity (Wildman–Crippen MR) is 88.5 cm³/mol. The first-order chi connectivity index (χ1) is 11.1. The van der Waals surface area contributed by atoms with Gasteiger partial charge in [-0.3, -0.25) is 4.79 Å². The molecule has 2 aromatic heterocycles. The molecule has 6 heteroatoms. The third-order valence-corrected chi connectivity index (χ3v) is 4.40. The lowest BCUT2D eigenvalue weighted by Gasteiger charge is -2.15. The second-order valence-electron chi connectivity index (χ2n) is 5.77. The summed E-state index contributed by atoms with van der Waals surface area (Å²) in [6, 6.07) is 9.52. The normalized spacial score (nSPS) is 14.2. The number of aromatic nitrogens is 3. The quantitative estimate of drug-likeness (QED) is 0.742. The van der Waals surface area contributed by atoms with Crippen LogP contribution in [-0.2, 0) is 0 Å². The fourth-order valence-electron chi connectivity index (χ4n) is 2.71. The van der Waals surface area contributed by atoms with Crippen molar-refractivity contribution in [2.75, 3.05) is 7.05 Å². The van der Waals surface area contributed by atoms with E-state index in [2.05, 4.69) is 10.1 Å². The summed E-state index contributed by atoms with van der Waals surface area (Å²) in [5.41, 5.74) is 2.73. The lowest BCUT2D eigenvalue weighted by molar-refractivity contribution is 0.0779. The fourth-order valence-corrected chi connectivity index (χ4v) is 2.84. The first-order valence-corrected chi connectivity index (χ1v) is 7.89. The van der Waals surface area contributed by atoms with Gasteiger partial charge in [0.15, 0.2) is 11.3 Å². The molecule has 1 aliphatic carbocycles. The van der Waals surface area contributed by atoms with Gasteiger partial charge in [0.25, 0.3) is 5.91 Å². The van der Waals surface area contributed by atoms with Crippen molar-refractivity contribution in [2.24, 2.45) is 0 Å². The Morgan fingerprint density at radius 1 is 1.30 bits per heavy atom. The third-order valence-electron chi connectivity index (χ3n) is 4.15. The van der Waals surface area contributed by atoms with E-state index in [0.717, 1.165) is 24.0 Å². The van der Waals surface area contributed by atoms with E-state index in [1.54, 1.807) is 27.9 Å². The van der Waals surface area contributed by atoms with Gasteiger partial charge in [0.05, 0.1) is 5.56 Å². The molecule has 1 saturated carbocycles. The van der Waals surface area contributed by atoms with Gasteiger partial charge in [-0.2, -0.15) is 5.10 Å². The molecule has 0 unspecified atom stereocenters. The number of amides is 1. The van der Waals surface area contributed by atoms with Crippen molar-refractivity contribution in [1.82, 2.24) is 19.5 Å². The van der Waals surface area contributed by atoms with Crippen molar-refractivity contribution in [1.29, 1.82) is 0 Å². The lowest BCUT2D eigenvalue weighted by Crippen LogP contribution is -2.29. The minimum absolute atomic E-state index is 0.0667. The van der Waals surface area contributed by atoms with E-state index >= 15 is 0 Å². The van der Waals surface area contributed by atoms with Crippen LogP contribution < -0.4 is 0 Å².